The summed E-state index contributed by atoms with van der Waals surface area (Å²) in [4.78, 5) is 23.3. The number of hydrogen-bond donors (Lipinski definition) is 2. The summed E-state index contributed by atoms with van der Waals surface area (Å²) in [5.74, 6) is 0.263. The van der Waals surface area contributed by atoms with Gasteiger partial charge in [-0.2, -0.15) is 0 Å². The summed E-state index contributed by atoms with van der Waals surface area (Å²) in [6, 6.07) is 12.0. The molecule has 0 aromatic heterocycles. The molecule has 6 nitrogen and oxygen atoms in total. The fourth-order valence-electron chi connectivity index (χ4n) is 2.04. The van der Waals surface area contributed by atoms with Crippen LogP contribution in [0.1, 0.15) is 17.3 Å². The van der Waals surface area contributed by atoms with E-state index in [4.69, 9.17) is 9.47 Å². The van der Waals surface area contributed by atoms with Gasteiger partial charge in [-0.1, -0.05) is 0 Å². The Hall–Kier alpha value is -2.38. The highest BCUT2D eigenvalue weighted by Gasteiger charge is 2.10. The Bertz CT molecular complexity index is 747. The van der Waals surface area contributed by atoms with E-state index in [9.17, 15) is 9.59 Å². The molecule has 2 rings (SSSR count). The smallest absolute Gasteiger partial charge is 0.255 e. The fourth-order valence-corrected chi connectivity index (χ4v) is 2.53. The highest BCUT2D eigenvalue weighted by Crippen LogP contribution is 2.26. The fraction of sp³-hybridized carbons (Fsp3) is 0.222. The number of carbonyl (C=O) groups is 2. The molecule has 2 aromatic rings. The van der Waals surface area contributed by atoms with Gasteiger partial charge in [-0.05, 0) is 58.4 Å². The van der Waals surface area contributed by atoms with Crippen molar-refractivity contribution in [3.63, 3.8) is 0 Å². The number of benzene rings is 2. The molecular weight excluding hydrogens is 388 g/mol. The molecule has 132 valence electrons. The normalized spacial score (nSPS) is 10.2. The van der Waals surface area contributed by atoms with Crippen molar-refractivity contribution >= 4 is 39.1 Å². The lowest BCUT2D eigenvalue weighted by Gasteiger charge is -2.10. The molecule has 25 heavy (non-hydrogen) atoms. The summed E-state index contributed by atoms with van der Waals surface area (Å²) in [7, 11) is 1.61. The first-order chi connectivity index (χ1) is 12.0. The molecular formula is C18H19BrN2O4. The molecule has 2 amide bonds. The van der Waals surface area contributed by atoms with Gasteiger partial charge in [0.1, 0.15) is 12.4 Å². The SMILES string of the molecule is COCCOc1ccc(C(=O)Nc2ccc(NC(C)=O)cc2)cc1Br. The molecule has 2 aromatic carbocycles. The zero-order chi connectivity index (χ0) is 18.2. The number of amides is 2. The second kappa shape index (κ2) is 9.19. The summed E-state index contributed by atoms with van der Waals surface area (Å²) in [5.41, 5.74) is 1.80. The third-order valence-electron chi connectivity index (χ3n) is 3.20. The number of carbonyl (C=O) groups excluding carboxylic acids is 2. The van der Waals surface area contributed by atoms with Gasteiger partial charge in [-0.3, -0.25) is 9.59 Å². The second-order valence-corrected chi connectivity index (χ2v) is 6.05. The van der Waals surface area contributed by atoms with Crippen molar-refractivity contribution in [2.24, 2.45) is 0 Å². The molecule has 0 aliphatic rings. The summed E-state index contributed by atoms with van der Waals surface area (Å²) in [5, 5.41) is 5.48. The van der Waals surface area contributed by atoms with Crippen LogP contribution in [0.4, 0.5) is 11.4 Å². The maximum Gasteiger partial charge on any atom is 0.255 e. The van der Waals surface area contributed by atoms with Crippen molar-refractivity contribution in [1.82, 2.24) is 0 Å². The Kier molecular flexibility index (Phi) is 6.97. The number of halogens is 1. The van der Waals surface area contributed by atoms with Crippen LogP contribution in [0.15, 0.2) is 46.9 Å². The standard InChI is InChI=1S/C18H19BrN2O4/c1-12(22)20-14-4-6-15(7-5-14)21-18(23)13-3-8-17(16(19)11-13)25-10-9-24-2/h3-8,11H,9-10H2,1-2H3,(H,20,22)(H,21,23). The minimum atomic E-state index is -0.239. The van der Waals surface area contributed by atoms with Gasteiger partial charge in [-0.15, -0.1) is 0 Å². The van der Waals surface area contributed by atoms with E-state index in [1.165, 1.54) is 6.92 Å². The van der Waals surface area contributed by atoms with Gasteiger partial charge in [0, 0.05) is 31.0 Å². The van der Waals surface area contributed by atoms with Crippen LogP contribution in [0, 0.1) is 0 Å². The lowest BCUT2D eigenvalue weighted by molar-refractivity contribution is -0.114. The maximum absolute atomic E-state index is 12.3. The van der Waals surface area contributed by atoms with Gasteiger partial charge in [0.2, 0.25) is 5.91 Å². The van der Waals surface area contributed by atoms with Gasteiger partial charge in [0.15, 0.2) is 0 Å². The first-order valence-corrected chi connectivity index (χ1v) is 8.39. The van der Waals surface area contributed by atoms with Crippen molar-refractivity contribution in [2.45, 2.75) is 6.92 Å². The molecule has 7 heteroatoms. The average molecular weight is 407 g/mol. The molecule has 0 heterocycles. The van der Waals surface area contributed by atoms with Crippen LogP contribution >= 0.6 is 15.9 Å². The maximum atomic E-state index is 12.3. The van der Waals surface area contributed by atoms with E-state index in [1.807, 2.05) is 0 Å². The van der Waals surface area contributed by atoms with E-state index in [-0.39, 0.29) is 11.8 Å². The quantitative estimate of drug-likeness (QED) is 0.687. The van der Waals surface area contributed by atoms with E-state index in [0.29, 0.717) is 40.4 Å². The van der Waals surface area contributed by atoms with Gasteiger partial charge < -0.3 is 20.1 Å². The van der Waals surface area contributed by atoms with Gasteiger partial charge in [0.05, 0.1) is 11.1 Å². The summed E-state index contributed by atoms with van der Waals surface area (Å²) < 4.78 is 11.2. The van der Waals surface area contributed by atoms with Crippen LogP contribution in [0.25, 0.3) is 0 Å². The monoisotopic (exact) mass is 406 g/mol. The molecule has 0 radical (unpaired) electrons. The third-order valence-corrected chi connectivity index (χ3v) is 3.82. The lowest BCUT2D eigenvalue weighted by Crippen LogP contribution is -2.12. The highest BCUT2D eigenvalue weighted by molar-refractivity contribution is 9.10. The topological polar surface area (TPSA) is 76.7 Å². The molecule has 0 bridgehead atoms. The molecule has 0 saturated heterocycles. The number of anilines is 2. The number of nitrogens with one attached hydrogen (secondary N) is 2. The van der Waals surface area contributed by atoms with Crippen LogP contribution in [0.3, 0.4) is 0 Å². The van der Waals surface area contributed by atoms with E-state index in [0.717, 1.165) is 0 Å². The first-order valence-electron chi connectivity index (χ1n) is 7.60. The summed E-state index contributed by atoms with van der Waals surface area (Å²) in [6.45, 7) is 2.36. The number of ether oxygens (including phenoxy) is 2. The zero-order valence-electron chi connectivity index (χ0n) is 14.0. The van der Waals surface area contributed by atoms with E-state index in [2.05, 4.69) is 26.6 Å². The van der Waals surface area contributed by atoms with Crippen LogP contribution < -0.4 is 15.4 Å². The Morgan fingerprint density at radius 1 is 1.00 bits per heavy atom. The predicted octanol–water partition coefficient (Wildman–Crippen LogP) is 3.69. The Morgan fingerprint density at radius 3 is 2.20 bits per heavy atom. The van der Waals surface area contributed by atoms with Crippen molar-refractivity contribution < 1.29 is 19.1 Å². The van der Waals surface area contributed by atoms with E-state index < -0.39 is 0 Å². The van der Waals surface area contributed by atoms with Crippen molar-refractivity contribution in [3.05, 3.63) is 52.5 Å². The molecule has 0 aliphatic carbocycles. The Morgan fingerprint density at radius 2 is 1.64 bits per heavy atom. The predicted molar refractivity (Wildman–Crippen MR) is 100 cm³/mol. The van der Waals surface area contributed by atoms with Crippen molar-refractivity contribution in [1.29, 1.82) is 0 Å². The molecule has 0 saturated carbocycles. The van der Waals surface area contributed by atoms with Crippen LogP contribution in [0.2, 0.25) is 0 Å². The zero-order valence-corrected chi connectivity index (χ0v) is 15.6. The number of rotatable bonds is 7. The molecule has 0 fully saturated rings. The Balaban J connectivity index is 2.00. The van der Waals surface area contributed by atoms with Crippen molar-refractivity contribution in [3.8, 4) is 5.75 Å². The summed E-state index contributed by atoms with van der Waals surface area (Å²) in [6.07, 6.45) is 0. The van der Waals surface area contributed by atoms with Gasteiger partial charge in [0.25, 0.3) is 5.91 Å². The first kappa shape index (κ1) is 19.0. The van der Waals surface area contributed by atoms with Crippen LogP contribution in [-0.2, 0) is 9.53 Å². The summed E-state index contributed by atoms with van der Waals surface area (Å²) >= 11 is 3.40. The third kappa shape index (κ3) is 5.88. The number of hydrogen-bond acceptors (Lipinski definition) is 4. The van der Waals surface area contributed by atoms with Crippen LogP contribution in [-0.4, -0.2) is 32.1 Å². The minimum absolute atomic E-state index is 0.144. The second-order valence-electron chi connectivity index (χ2n) is 5.20. The van der Waals surface area contributed by atoms with E-state index in [1.54, 1.807) is 49.6 Å². The number of methoxy groups -OCH3 is 1. The highest BCUT2D eigenvalue weighted by atomic mass is 79.9. The van der Waals surface area contributed by atoms with Gasteiger partial charge >= 0.3 is 0 Å². The average Bonchev–Trinajstić information content (AvgIpc) is 2.57. The molecule has 0 atom stereocenters. The van der Waals surface area contributed by atoms with Crippen LogP contribution in [0.5, 0.6) is 5.75 Å². The van der Waals surface area contributed by atoms with E-state index >= 15 is 0 Å². The van der Waals surface area contributed by atoms with Crippen molar-refractivity contribution in [2.75, 3.05) is 31.0 Å². The minimum Gasteiger partial charge on any atom is -0.490 e. The van der Waals surface area contributed by atoms with Gasteiger partial charge in [-0.25, -0.2) is 0 Å². The largest absolute Gasteiger partial charge is 0.490 e. The molecule has 2 N–H and O–H groups in total. The lowest BCUT2D eigenvalue weighted by atomic mass is 10.2. The molecule has 0 unspecified atom stereocenters. The Labute approximate surface area is 154 Å². The molecule has 0 aliphatic heterocycles. The molecule has 0 spiro atoms.